The third-order valence-electron chi connectivity index (χ3n) is 2.44. The first-order valence-electron chi connectivity index (χ1n) is 5.11. The molecule has 1 atom stereocenters. The molecule has 0 saturated heterocycles. The molecule has 80 valence electrons. The quantitative estimate of drug-likeness (QED) is 0.728. The van der Waals surface area contributed by atoms with Gasteiger partial charge in [-0.15, -0.1) is 12.3 Å². The molecule has 0 radical (unpaired) electrons. The van der Waals surface area contributed by atoms with Gasteiger partial charge in [-0.1, -0.05) is 12.1 Å². The first-order chi connectivity index (χ1) is 7.26. The molecule has 2 heteroatoms. The van der Waals surface area contributed by atoms with Gasteiger partial charge < -0.3 is 5.32 Å². The van der Waals surface area contributed by atoms with Crippen molar-refractivity contribution >= 4 is 0 Å². The molecular formula is C13H16FN. The Hall–Kier alpha value is -1.33. The molecular weight excluding hydrogens is 189 g/mol. The van der Waals surface area contributed by atoms with Gasteiger partial charge in [0, 0.05) is 12.5 Å². The first-order valence-corrected chi connectivity index (χ1v) is 5.11. The van der Waals surface area contributed by atoms with E-state index in [9.17, 15) is 4.39 Å². The fourth-order valence-corrected chi connectivity index (χ4v) is 1.51. The van der Waals surface area contributed by atoms with E-state index in [-0.39, 0.29) is 5.82 Å². The summed E-state index contributed by atoms with van der Waals surface area (Å²) in [6, 6.07) is 6.98. The highest BCUT2D eigenvalue weighted by molar-refractivity contribution is 5.17. The Morgan fingerprint density at radius 2 is 2.07 bits per heavy atom. The number of halogens is 1. The molecule has 1 rings (SSSR count). The molecule has 1 nitrogen and oxygen atoms in total. The molecule has 1 aromatic rings. The van der Waals surface area contributed by atoms with Crippen LogP contribution in [0.2, 0.25) is 0 Å². The van der Waals surface area contributed by atoms with Crippen LogP contribution in [-0.4, -0.2) is 13.1 Å². The molecule has 0 fully saturated rings. The van der Waals surface area contributed by atoms with Crippen LogP contribution < -0.4 is 5.32 Å². The number of hydrogen-bond donors (Lipinski definition) is 1. The van der Waals surface area contributed by atoms with Gasteiger partial charge in [-0.25, -0.2) is 4.39 Å². The standard InChI is InChI=1S/C13H16FN/c1-3-4-5-13(15-2)10-11-6-8-12(14)9-7-11/h1,6-9,13,15H,4-5,10H2,2H3. The Kier molecular flexibility index (Phi) is 4.86. The largest absolute Gasteiger partial charge is 0.317 e. The van der Waals surface area contributed by atoms with Crippen molar-refractivity contribution in [3.8, 4) is 12.3 Å². The minimum Gasteiger partial charge on any atom is -0.317 e. The Morgan fingerprint density at radius 3 is 2.60 bits per heavy atom. The summed E-state index contributed by atoms with van der Waals surface area (Å²) in [7, 11) is 1.92. The van der Waals surface area contributed by atoms with Crippen LogP contribution in [0.1, 0.15) is 18.4 Å². The molecule has 15 heavy (non-hydrogen) atoms. The second-order valence-corrected chi connectivity index (χ2v) is 3.56. The number of hydrogen-bond acceptors (Lipinski definition) is 1. The molecule has 0 aliphatic carbocycles. The molecule has 0 bridgehead atoms. The van der Waals surface area contributed by atoms with Crippen molar-refractivity contribution in [2.45, 2.75) is 25.3 Å². The number of likely N-dealkylation sites (N-methyl/N-ethyl adjacent to an activating group) is 1. The molecule has 0 amide bonds. The van der Waals surface area contributed by atoms with Gasteiger partial charge in [0.1, 0.15) is 5.82 Å². The van der Waals surface area contributed by atoms with Crippen LogP contribution in [0.4, 0.5) is 4.39 Å². The van der Waals surface area contributed by atoms with Gasteiger partial charge >= 0.3 is 0 Å². The molecule has 0 heterocycles. The zero-order chi connectivity index (χ0) is 11.1. The summed E-state index contributed by atoms with van der Waals surface area (Å²) in [5.74, 6) is 2.44. The van der Waals surface area contributed by atoms with Crippen molar-refractivity contribution in [2.24, 2.45) is 0 Å². The second kappa shape index (κ2) is 6.21. The van der Waals surface area contributed by atoms with Gasteiger partial charge in [0.15, 0.2) is 0 Å². The van der Waals surface area contributed by atoms with E-state index < -0.39 is 0 Å². The highest BCUT2D eigenvalue weighted by Gasteiger charge is 2.06. The normalized spacial score (nSPS) is 12.1. The van der Waals surface area contributed by atoms with E-state index in [1.165, 1.54) is 12.1 Å². The fourth-order valence-electron chi connectivity index (χ4n) is 1.51. The lowest BCUT2D eigenvalue weighted by Crippen LogP contribution is -2.27. The van der Waals surface area contributed by atoms with Gasteiger partial charge in [-0.2, -0.15) is 0 Å². The van der Waals surface area contributed by atoms with Gasteiger partial charge in [0.05, 0.1) is 0 Å². The van der Waals surface area contributed by atoms with Gasteiger partial charge in [-0.3, -0.25) is 0 Å². The lowest BCUT2D eigenvalue weighted by molar-refractivity contribution is 0.527. The minimum atomic E-state index is -0.191. The maximum absolute atomic E-state index is 12.7. The lowest BCUT2D eigenvalue weighted by atomic mass is 10.0. The summed E-state index contributed by atoms with van der Waals surface area (Å²) in [6.07, 6.45) is 7.82. The zero-order valence-corrected chi connectivity index (χ0v) is 8.96. The van der Waals surface area contributed by atoms with Crippen molar-refractivity contribution in [3.63, 3.8) is 0 Å². The molecule has 1 N–H and O–H groups in total. The molecule has 0 aliphatic rings. The fraction of sp³-hybridized carbons (Fsp3) is 0.385. The van der Waals surface area contributed by atoms with E-state index >= 15 is 0 Å². The van der Waals surface area contributed by atoms with E-state index in [0.29, 0.717) is 6.04 Å². The SMILES string of the molecule is C#CCCC(Cc1ccc(F)cc1)NC. The number of terminal acetylenes is 1. The highest BCUT2D eigenvalue weighted by atomic mass is 19.1. The third kappa shape index (κ3) is 4.14. The minimum absolute atomic E-state index is 0.191. The summed E-state index contributed by atoms with van der Waals surface area (Å²) in [4.78, 5) is 0. The predicted molar refractivity (Wildman–Crippen MR) is 61.0 cm³/mol. The van der Waals surface area contributed by atoms with Gasteiger partial charge in [0.25, 0.3) is 0 Å². The van der Waals surface area contributed by atoms with E-state index in [2.05, 4.69) is 11.2 Å². The smallest absolute Gasteiger partial charge is 0.123 e. The van der Waals surface area contributed by atoms with Crippen LogP contribution in [-0.2, 0) is 6.42 Å². The summed E-state index contributed by atoms with van der Waals surface area (Å²) in [6.45, 7) is 0. The van der Waals surface area contributed by atoms with E-state index in [0.717, 1.165) is 24.8 Å². The Morgan fingerprint density at radius 1 is 1.40 bits per heavy atom. The molecule has 0 aliphatic heterocycles. The van der Waals surface area contributed by atoms with Crippen molar-refractivity contribution in [1.29, 1.82) is 0 Å². The maximum atomic E-state index is 12.7. The summed E-state index contributed by atoms with van der Waals surface area (Å²) in [5, 5.41) is 3.21. The van der Waals surface area contributed by atoms with Crippen LogP contribution in [0.25, 0.3) is 0 Å². The summed E-state index contributed by atoms with van der Waals surface area (Å²) < 4.78 is 12.7. The van der Waals surface area contributed by atoms with Crippen LogP contribution in [0.5, 0.6) is 0 Å². The van der Waals surface area contributed by atoms with Crippen molar-refractivity contribution in [2.75, 3.05) is 7.05 Å². The van der Waals surface area contributed by atoms with Crippen molar-refractivity contribution in [1.82, 2.24) is 5.32 Å². The van der Waals surface area contributed by atoms with E-state index in [1.807, 2.05) is 19.2 Å². The second-order valence-electron chi connectivity index (χ2n) is 3.56. The maximum Gasteiger partial charge on any atom is 0.123 e. The summed E-state index contributed by atoms with van der Waals surface area (Å²) in [5.41, 5.74) is 1.13. The van der Waals surface area contributed by atoms with Gasteiger partial charge in [0.2, 0.25) is 0 Å². The topological polar surface area (TPSA) is 12.0 Å². The molecule has 1 unspecified atom stereocenters. The van der Waals surface area contributed by atoms with Crippen molar-refractivity contribution < 1.29 is 4.39 Å². The van der Waals surface area contributed by atoms with Crippen LogP contribution in [0.3, 0.4) is 0 Å². The van der Waals surface area contributed by atoms with Gasteiger partial charge in [-0.05, 0) is 37.6 Å². The van der Waals surface area contributed by atoms with E-state index in [4.69, 9.17) is 6.42 Å². The Labute approximate surface area is 90.7 Å². The predicted octanol–water partition coefficient (Wildman–Crippen LogP) is 2.37. The highest BCUT2D eigenvalue weighted by Crippen LogP contribution is 2.08. The summed E-state index contributed by atoms with van der Waals surface area (Å²) >= 11 is 0. The van der Waals surface area contributed by atoms with Crippen LogP contribution in [0.15, 0.2) is 24.3 Å². The molecule has 0 saturated carbocycles. The number of benzene rings is 1. The first kappa shape index (κ1) is 11.7. The molecule has 1 aromatic carbocycles. The Bertz CT molecular complexity index is 323. The average molecular weight is 205 g/mol. The lowest BCUT2D eigenvalue weighted by Gasteiger charge is -2.14. The third-order valence-corrected chi connectivity index (χ3v) is 2.44. The molecule has 0 aromatic heterocycles. The zero-order valence-electron chi connectivity index (χ0n) is 8.96. The average Bonchev–Trinajstić information content (AvgIpc) is 2.27. The number of nitrogens with one attached hydrogen (secondary N) is 1. The monoisotopic (exact) mass is 205 g/mol. The van der Waals surface area contributed by atoms with Crippen LogP contribution >= 0.6 is 0 Å². The molecule has 0 spiro atoms. The number of rotatable bonds is 5. The van der Waals surface area contributed by atoms with E-state index in [1.54, 1.807) is 0 Å². The van der Waals surface area contributed by atoms with Crippen molar-refractivity contribution in [3.05, 3.63) is 35.6 Å². The Balaban J connectivity index is 2.51. The van der Waals surface area contributed by atoms with Crippen LogP contribution in [0, 0.1) is 18.2 Å².